The lowest BCUT2D eigenvalue weighted by atomic mass is 10.2. The molecule has 2 atom stereocenters. The van der Waals surface area contributed by atoms with Crippen molar-refractivity contribution < 1.29 is 29.2 Å². The van der Waals surface area contributed by atoms with Gasteiger partial charge >= 0.3 is 5.97 Å². The summed E-state index contributed by atoms with van der Waals surface area (Å²) in [5.41, 5.74) is -0.234. The molecular weight excluding hydrogens is 242 g/mol. The average molecular weight is 255 g/mol. The molecule has 2 heterocycles. The van der Waals surface area contributed by atoms with Gasteiger partial charge in [-0.1, -0.05) is 0 Å². The van der Waals surface area contributed by atoms with Crippen LogP contribution in [0.1, 0.15) is 29.4 Å². The SMILES string of the molecule is COc1cc(C2OCC(C)O2)nc(C(=O)O)c1O. The number of aromatic nitrogens is 1. The van der Waals surface area contributed by atoms with Crippen molar-refractivity contribution in [2.45, 2.75) is 19.3 Å². The van der Waals surface area contributed by atoms with Crippen LogP contribution >= 0.6 is 0 Å². The van der Waals surface area contributed by atoms with Crippen LogP contribution in [0.3, 0.4) is 0 Å². The predicted octanol–water partition coefficient (Wildman–Crippen LogP) is 0.928. The summed E-state index contributed by atoms with van der Waals surface area (Å²) in [5, 5.41) is 18.6. The molecule has 98 valence electrons. The fourth-order valence-electron chi connectivity index (χ4n) is 1.63. The Hall–Kier alpha value is -1.86. The fraction of sp³-hybridized carbons (Fsp3) is 0.455. The van der Waals surface area contributed by atoms with Crippen LogP contribution in [0.5, 0.6) is 11.5 Å². The molecule has 18 heavy (non-hydrogen) atoms. The normalized spacial score (nSPS) is 23.0. The highest BCUT2D eigenvalue weighted by Gasteiger charge is 2.28. The number of hydrogen-bond donors (Lipinski definition) is 2. The third-order valence-corrected chi connectivity index (χ3v) is 2.48. The number of aromatic carboxylic acids is 1. The summed E-state index contributed by atoms with van der Waals surface area (Å²) in [4.78, 5) is 14.8. The number of aromatic hydroxyl groups is 1. The van der Waals surface area contributed by atoms with Gasteiger partial charge in [0.25, 0.3) is 0 Å². The molecule has 0 spiro atoms. The number of rotatable bonds is 3. The van der Waals surface area contributed by atoms with Gasteiger partial charge in [0.2, 0.25) is 6.29 Å². The third kappa shape index (κ3) is 2.22. The molecule has 0 aromatic carbocycles. The van der Waals surface area contributed by atoms with Crippen LogP contribution in [0.4, 0.5) is 0 Å². The summed E-state index contributed by atoms with van der Waals surface area (Å²) in [6.45, 7) is 2.23. The van der Waals surface area contributed by atoms with Crippen LogP contribution in [0, 0.1) is 0 Å². The highest BCUT2D eigenvalue weighted by Crippen LogP contribution is 2.34. The first kappa shape index (κ1) is 12.6. The second-order valence-corrected chi connectivity index (χ2v) is 3.86. The van der Waals surface area contributed by atoms with Gasteiger partial charge in [-0.25, -0.2) is 9.78 Å². The number of pyridine rings is 1. The smallest absolute Gasteiger partial charge is 0.358 e. The summed E-state index contributed by atoms with van der Waals surface area (Å²) < 4.78 is 15.6. The maximum atomic E-state index is 11.0. The standard InChI is InChI=1S/C11H13NO6/c1-5-4-17-11(18-5)6-3-7(16-2)9(13)8(12-6)10(14)15/h3,5,11,13H,4H2,1-2H3,(H,14,15). The van der Waals surface area contributed by atoms with Crippen molar-refractivity contribution in [3.05, 3.63) is 17.5 Å². The van der Waals surface area contributed by atoms with Crippen molar-refractivity contribution in [2.24, 2.45) is 0 Å². The third-order valence-electron chi connectivity index (χ3n) is 2.48. The lowest BCUT2D eigenvalue weighted by molar-refractivity contribution is -0.0604. The Labute approximate surface area is 103 Å². The van der Waals surface area contributed by atoms with Gasteiger partial charge in [-0.15, -0.1) is 0 Å². The molecule has 0 amide bonds. The van der Waals surface area contributed by atoms with Crippen LogP contribution in [-0.4, -0.2) is 41.0 Å². The zero-order chi connectivity index (χ0) is 13.3. The summed E-state index contributed by atoms with van der Waals surface area (Å²) in [7, 11) is 1.32. The molecule has 1 aromatic heterocycles. The van der Waals surface area contributed by atoms with Crippen LogP contribution in [-0.2, 0) is 9.47 Å². The van der Waals surface area contributed by atoms with Crippen molar-refractivity contribution in [1.82, 2.24) is 4.98 Å². The Morgan fingerprint density at radius 2 is 2.33 bits per heavy atom. The highest BCUT2D eigenvalue weighted by atomic mass is 16.7. The zero-order valence-corrected chi connectivity index (χ0v) is 9.91. The second kappa shape index (κ2) is 4.79. The molecule has 1 fully saturated rings. The maximum absolute atomic E-state index is 11.0. The van der Waals surface area contributed by atoms with E-state index in [1.807, 2.05) is 6.92 Å². The maximum Gasteiger partial charge on any atom is 0.358 e. The predicted molar refractivity (Wildman–Crippen MR) is 58.7 cm³/mol. The van der Waals surface area contributed by atoms with E-state index in [9.17, 15) is 9.90 Å². The monoisotopic (exact) mass is 255 g/mol. The van der Waals surface area contributed by atoms with E-state index in [1.54, 1.807) is 0 Å². The molecule has 0 saturated carbocycles. The summed E-state index contributed by atoms with van der Waals surface area (Å²) in [6.07, 6.45) is -0.836. The minimum atomic E-state index is -1.35. The lowest BCUT2D eigenvalue weighted by Crippen LogP contribution is -2.09. The molecule has 7 nitrogen and oxygen atoms in total. The topological polar surface area (TPSA) is 98.1 Å². The van der Waals surface area contributed by atoms with Gasteiger partial charge < -0.3 is 24.4 Å². The van der Waals surface area contributed by atoms with Crippen LogP contribution in [0.25, 0.3) is 0 Å². The van der Waals surface area contributed by atoms with E-state index in [2.05, 4.69) is 4.98 Å². The van der Waals surface area contributed by atoms with Gasteiger partial charge in [0, 0.05) is 6.07 Å². The second-order valence-electron chi connectivity index (χ2n) is 3.86. The number of carboxylic acids is 1. The van der Waals surface area contributed by atoms with E-state index in [-0.39, 0.29) is 17.5 Å². The van der Waals surface area contributed by atoms with Crippen molar-refractivity contribution in [2.75, 3.05) is 13.7 Å². The summed E-state index contributed by atoms with van der Waals surface area (Å²) in [6, 6.07) is 1.39. The van der Waals surface area contributed by atoms with Gasteiger partial charge in [0.05, 0.1) is 19.8 Å². The van der Waals surface area contributed by atoms with E-state index in [1.165, 1.54) is 13.2 Å². The first-order chi connectivity index (χ1) is 8.52. The van der Waals surface area contributed by atoms with Crippen molar-refractivity contribution in [1.29, 1.82) is 0 Å². The first-order valence-electron chi connectivity index (χ1n) is 5.31. The van der Waals surface area contributed by atoms with E-state index in [0.717, 1.165) is 0 Å². The number of carboxylic acid groups (broad SMARTS) is 1. The van der Waals surface area contributed by atoms with Crippen LogP contribution in [0.15, 0.2) is 6.07 Å². The molecule has 1 saturated heterocycles. The quantitative estimate of drug-likeness (QED) is 0.828. The average Bonchev–Trinajstić information content (AvgIpc) is 2.76. The fourth-order valence-corrected chi connectivity index (χ4v) is 1.63. The first-order valence-corrected chi connectivity index (χ1v) is 5.31. The summed E-state index contributed by atoms with van der Waals surface area (Å²) >= 11 is 0. The highest BCUT2D eigenvalue weighted by molar-refractivity contribution is 5.89. The molecule has 1 aliphatic heterocycles. The molecule has 0 bridgehead atoms. The number of methoxy groups -OCH3 is 1. The van der Waals surface area contributed by atoms with Gasteiger partial charge in [0.1, 0.15) is 5.69 Å². The van der Waals surface area contributed by atoms with E-state index >= 15 is 0 Å². The van der Waals surface area contributed by atoms with Crippen molar-refractivity contribution >= 4 is 5.97 Å². The molecular formula is C11H13NO6. The largest absolute Gasteiger partial charge is 0.503 e. The molecule has 1 aromatic rings. The molecule has 2 rings (SSSR count). The van der Waals surface area contributed by atoms with Gasteiger partial charge in [-0.2, -0.15) is 0 Å². The number of ether oxygens (including phenoxy) is 3. The molecule has 7 heteroatoms. The van der Waals surface area contributed by atoms with Gasteiger partial charge in [0.15, 0.2) is 17.2 Å². The van der Waals surface area contributed by atoms with E-state index < -0.39 is 23.7 Å². The van der Waals surface area contributed by atoms with Gasteiger partial charge in [-0.3, -0.25) is 0 Å². The molecule has 1 aliphatic rings. The van der Waals surface area contributed by atoms with Crippen molar-refractivity contribution in [3.63, 3.8) is 0 Å². The zero-order valence-electron chi connectivity index (χ0n) is 9.91. The molecule has 0 aliphatic carbocycles. The van der Waals surface area contributed by atoms with E-state index in [4.69, 9.17) is 19.3 Å². The Morgan fingerprint density at radius 3 is 2.83 bits per heavy atom. The summed E-state index contributed by atoms with van der Waals surface area (Å²) in [5.74, 6) is -1.84. The Bertz CT molecular complexity index is 475. The molecule has 2 N–H and O–H groups in total. The molecule has 0 radical (unpaired) electrons. The Morgan fingerprint density at radius 1 is 1.61 bits per heavy atom. The minimum absolute atomic E-state index is 0.0177. The number of hydrogen-bond acceptors (Lipinski definition) is 6. The van der Waals surface area contributed by atoms with Crippen molar-refractivity contribution in [3.8, 4) is 11.5 Å². The number of carbonyl (C=O) groups is 1. The number of nitrogens with zero attached hydrogens (tertiary/aromatic N) is 1. The lowest BCUT2D eigenvalue weighted by Gasteiger charge is -2.13. The van der Waals surface area contributed by atoms with Crippen LogP contribution in [0.2, 0.25) is 0 Å². The van der Waals surface area contributed by atoms with Gasteiger partial charge in [-0.05, 0) is 6.92 Å². The van der Waals surface area contributed by atoms with E-state index in [0.29, 0.717) is 6.61 Å². The Balaban J connectivity index is 2.42. The Kier molecular flexibility index (Phi) is 3.35. The minimum Gasteiger partial charge on any atom is -0.503 e. The molecule has 2 unspecified atom stereocenters. The van der Waals surface area contributed by atoms with Crippen LogP contribution < -0.4 is 4.74 Å².